The predicted molar refractivity (Wildman–Crippen MR) is 37.2 cm³/mol. The monoisotopic (exact) mass is 142 g/mol. The molecule has 0 spiro atoms. The molecule has 0 unspecified atom stereocenters. The molecular formula is C7H11FN2. The van der Waals surface area contributed by atoms with Gasteiger partial charge in [-0.15, -0.1) is 0 Å². The molecule has 0 aliphatic rings. The molecule has 0 amide bonds. The summed E-state index contributed by atoms with van der Waals surface area (Å²) >= 11 is 0. The van der Waals surface area contributed by atoms with Gasteiger partial charge in [0.1, 0.15) is 0 Å². The fourth-order valence-electron chi connectivity index (χ4n) is 1.01. The summed E-state index contributed by atoms with van der Waals surface area (Å²) < 4.78 is 14.4. The van der Waals surface area contributed by atoms with Gasteiger partial charge in [0.05, 0.1) is 11.9 Å². The molecule has 0 aromatic carbocycles. The van der Waals surface area contributed by atoms with Crippen LogP contribution >= 0.6 is 0 Å². The summed E-state index contributed by atoms with van der Waals surface area (Å²) in [6.45, 7) is 4.62. The van der Waals surface area contributed by atoms with Crippen molar-refractivity contribution < 1.29 is 4.39 Å². The topological polar surface area (TPSA) is 17.8 Å². The lowest BCUT2D eigenvalue weighted by Crippen LogP contribution is -2.01. The molecule has 0 bridgehead atoms. The molecule has 1 heterocycles. The largest absolute Gasteiger partial charge is 0.267 e. The first-order valence-electron chi connectivity index (χ1n) is 3.49. The summed E-state index contributed by atoms with van der Waals surface area (Å²) in [5.74, 6) is -0.190. The van der Waals surface area contributed by atoms with E-state index in [2.05, 4.69) is 5.10 Å². The lowest BCUT2D eigenvalue weighted by atomic mass is 10.3. The fraction of sp³-hybridized carbons (Fsp3) is 0.571. The Morgan fingerprint density at radius 3 is 2.70 bits per heavy atom. The number of halogens is 1. The molecule has 1 aromatic heterocycles. The zero-order chi connectivity index (χ0) is 7.56. The Kier molecular flexibility index (Phi) is 2.04. The lowest BCUT2D eigenvalue weighted by molar-refractivity contribution is 0.579. The van der Waals surface area contributed by atoms with E-state index >= 15 is 0 Å². The highest BCUT2D eigenvalue weighted by Gasteiger charge is 2.05. The van der Waals surface area contributed by atoms with Crippen LogP contribution in [0.5, 0.6) is 0 Å². The highest BCUT2D eigenvalue weighted by molar-refractivity contribution is 5.03. The van der Waals surface area contributed by atoms with Crippen molar-refractivity contribution in [3.63, 3.8) is 0 Å². The quantitative estimate of drug-likeness (QED) is 0.613. The van der Waals surface area contributed by atoms with Gasteiger partial charge in [0.2, 0.25) is 0 Å². The van der Waals surface area contributed by atoms with E-state index in [1.165, 1.54) is 6.20 Å². The molecule has 0 aliphatic carbocycles. The second kappa shape index (κ2) is 2.82. The molecule has 1 rings (SSSR count). The number of aryl methyl sites for hydroxylation is 1. The van der Waals surface area contributed by atoms with Crippen LogP contribution in [0.1, 0.15) is 19.5 Å². The van der Waals surface area contributed by atoms with Crippen LogP contribution in [0.15, 0.2) is 6.20 Å². The second-order valence-corrected chi connectivity index (χ2v) is 2.11. The van der Waals surface area contributed by atoms with Gasteiger partial charge in [-0.1, -0.05) is 6.92 Å². The summed E-state index contributed by atoms with van der Waals surface area (Å²) in [7, 11) is 0. The summed E-state index contributed by atoms with van der Waals surface area (Å²) in [6, 6.07) is 0. The van der Waals surface area contributed by atoms with Gasteiger partial charge < -0.3 is 0 Å². The van der Waals surface area contributed by atoms with E-state index in [9.17, 15) is 4.39 Å². The maximum Gasteiger partial charge on any atom is 0.164 e. The van der Waals surface area contributed by atoms with Crippen LogP contribution in [0.3, 0.4) is 0 Å². The number of aromatic nitrogens is 2. The van der Waals surface area contributed by atoms with Gasteiger partial charge in [-0.05, 0) is 13.3 Å². The maximum absolute atomic E-state index is 12.7. The molecule has 3 heteroatoms. The van der Waals surface area contributed by atoms with Crippen molar-refractivity contribution in [2.45, 2.75) is 26.8 Å². The van der Waals surface area contributed by atoms with Gasteiger partial charge >= 0.3 is 0 Å². The van der Waals surface area contributed by atoms with E-state index < -0.39 is 0 Å². The van der Waals surface area contributed by atoms with E-state index in [1.54, 1.807) is 4.68 Å². The summed E-state index contributed by atoms with van der Waals surface area (Å²) in [4.78, 5) is 0. The average Bonchev–Trinajstić information content (AvgIpc) is 2.30. The van der Waals surface area contributed by atoms with Crippen molar-refractivity contribution in [1.82, 2.24) is 9.78 Å². The molecule has 0 saturated carbocycles. The molecule has 2 nitrogen and oxygen atoms in total. The van der Waals surface area contributed by atoms with Crippen molar-refractivity contribution >= 4 is 0 Å². The molecule has 0 saturated heterocycles. The third-order valence-electron chi connectivity index (χ3n) is 1.53. The fourth-order valence-corrected chi connectivity index (χ4v) is 1.01. The lowest BCUT2D eigenvalue weighted by Gasteiger charge is -1.99. The molecule has 56 valence electrons. The van der Waals surface area contributed by atoms with E-state index in [-0.39, 0.29) is 5.82 Å². The minimum absolute atomic E-state index is 0.190. The highest BCUT2D eigenvalue weighted by atomic mass is 19.1. The molecule has 10 heavy (non-hydrogen) atoms. The SMILES string of the molecule is CCc1c(F)cnn1CC. The number of hydrogen-bond acceptors (Lipinski definition) is 1. The summed E-state index contributed by atoms with van der Waals surface area (Å²) in [5, 5.41) is 3.85. The van der Waals surface area contributed by atoms with Crippen LogP contribution in [0.4, 0.5) is 4.39 Å². The van der Waals surface area contributed by atoms with Crippen molar-refractivity contribution in [3.8, 4) is 0 Å². The zero-order valence-corrected chi connectivity index (χ0v) is 6.26. The van der Waals surface area contributed by atoms with Gasteiger partial charge in [-0.2, -0.15) is 5.10 Å². The molecule has 0 N–H and O–H groups in total. The van der Waals surface area contributed by atoms with E-state index in [0.717, 1.165) is 6.54 Å². The second-order valence-electron chi connectivity index (χ2n) is 2.11. The van der Waals surface area contributed by atoms with Crippen molar-refractivity contribution in [2.24, 2.45) is 0 Å². The van der Waals surface area contributed by atoms with E-state index in [0.29, 0.717) is 12.1 Å². The van der Waals surface area contributed by atoms with Crippen LogP contribution in [0.25, 0.3) is 0 Å². The molecule has 0 atom stereocenters. The van der Waals surface area contributed by atoms with E-state index in [4.69, 9.17) is 0 Å². The minimum atomic E-state index is -0.190. The van der Waals surface area contributed by atoms with Crippen molar-refractivity contribution in [2.75, 3.05) is 0 Å². The van der Waals surface area contributed by atoms with Crippen molar-refractivity contribution in [3.05, 3.63) is 17.7 Å². The van der Waals surface area contributed by atoms with Crippen molar-refractivity contribution in [1.29, 1.82) is 0 Å². The van der Waals surface area contributed by atoms with Gasteiger partial charge in [0.25, 0.3) is 0 Å². The number of rotatable bonds is 2. The molecular weight excluding hydrogens is 131 g/mol. The Morgan fingerprint density at radius 1 is 1.60 bits per heavy atom. The van der Waals surface area contributed by atoms with Gasteiger partial charge in [-0.25, -0.2) is 4.39 Å². The molecule has 0 fully saturated rings. The first-order chi connectivity index (χ1) is 4.79. The Balaban J connectivity index is 3.01. The molecule has 0 aliphatic heterocycles. The maximum atomic E-state index is 12.7. The summed E-state index contributed by atoms with van der Waals surface area (Å²) in [6.07, 6.45) is 1.97. The molecule has 0 radical (unpaired) electrons. The van der Waals surface area contributed by atoms with Gasteiger partial charge in [-0.3, -0.25) is 4.68 Å². The highest BCUT2D eigenvalue weighted by Crippen LogP contribution is 2.05. The minimum Gasteiger partial charge on any atom is -0.267 e. The van der Waals surface area contributed by atoms with Crippen LogP contribution < -0.4 is 0 Å². The van der Waals surface area contributed by atoms with Crippen LogP contribution in [0, 0.1) is 5.82 Å². The van der Waals surface area contributed by atoms with Crippen LogP contribution in [-0.2, 0) is 13.0 Å². The first kappa shape index (κ1) is 7.25. The first-order valence-corrected chi connectivity index (χ1v) is 3.49. The third kappa shape index (κ3) is 1.03. The molecule has 1 aromatic rings. The average molecular weight is 142 g/mol. The Bertz CT molecular complexity index is 217. The Hall–Kier alpha value is -0.860. The Labute approximate surface area is 59.7 Å². The number of nitrogens with zero attached hydrogens (tertiary/aromatic N) is 2. The van der Waals surface area contributed by atoms with Gasteiger partial charge in [0.15, 0.2) is 5.82 Å². The summed E-state index contributed by atoms with van der Waals surface area (Å²) in [5.41, 5.74) is 0.697. The van der Waals surface area contributed by atoms with E-state index in [1.807, 2.05) is 13.8 Å². The van der Waals surface area contributed by atoms with Gasteiger partial charge in [0, 0.05) is 6.54 Å². The smallest absolute Gasteiger partial charge is 0.164 e. The standard InChI is InChI=1S/C7H11FN2/c1-3-7-6(8)5-9-10(7)4-2/h5H,3-4H2,1-2H3. The third-order valence-corrected chi connectivity index (χ3v) is 1.53. The van der Waals surface area contributed by atoms with Crippen LogP contribution in [-0.4, -0.2) is 9.78 Å². The Morgan fingerprint density at radius 2 is 2.30 bits per heavy atom. The number of hydrogen-bond donors (Lipinski definition) is 0. The normalized spacial score (nSPS) is 10.3. The zero-order valence-electron chi connectivity index (χ0n) is 6.26. The van der Waals surface area contributed by atoms with Crippen LogP contribution in [0.2, 0.25) is 0 Å². The predicted octanol–water partition coefficient (Wildman–Crippen LogP) is 1.60.